The first-order valence-corrected chi connectivity index (χ1v) is 28.6. The first-order valence-electron chi connectivity index (χ1n) is 26.9. The summed E-state index contributed by atoms with van der Waals surface area (Å²) >= 11 is 3.66. The van der Waals surface area contributed by atoms with Crippen molar-refractivity contribution in [3.05, 3.63) is 291 Å². The average molecular weight is 1060 g/mol. The number of fused-ring (bicyclic) bond motifs is 8. The van der Waals surface area contributed by atoms with E-state index < -0.39 is 0 Å². The summed E-state index contributed by atoms with van der Waals surface area (Å²) in [6.07, 6.45) is 3.77. The second-order valence-electron chi connectivity index (χ2n) is 20.3. The summed E-state index contributed by atoms with van der Waals surface area (Å²) in [5.41, 5.74) is 18.3. The van der Waals surface area contributed by atoms with E-state index in [1.807, 2.05) is 34.8 Å². The van der Waals surface area contributed by atoms with Crippen LogP contribution >= 0.6 is 22.7 Å². The number of para-hydroxylation sites is 4. The van der Waals surface area contributed by atoms with Gasteiger partial charge in [0.05, 0.1) is 22.1 Å². The van der Waals surface area contributed by atoms with Gasteiger partial charge in [0.2, 0.25) is 0 Å². The normalized spacial score (nSPS) is 11.6. The summed E-state index contributed by atoms with van der Waals surface area (Å²) in [4.78, 5) is 4.82. The fourth-order valence-corrected chi connectivity index (χ4v) is 14.0. The van der Waals surface area contributed by atoms with Crippen LogP contribution in [0.25, 0.3) is 110 Å². The number of hydrogen-bond donors (Lipinski definition) is 0. The molecule has 0 saturated carbocycles. The molecule has 4 aromatic heterocycles. The Morgan fingerprint density at radius 2 is 0.575 bits per heavy atom. The second-order valence-corrected chi connectivity index (χ2v) is 22.4. The van der Waals surface area contributed by atoms with Crippen molar-refractivity contribution in [3.8, 4) is 33.6 Å². The molecule has 4 nitrogen and oxygen atoms in total. The maximum Gasteiger partial charge on any atom is 0.101 e. The van der Waals surface area contributed by atoms with Crippen molar-refractivity contribution in [1.29, 1.82) is 0 Å². The number of rotatable bonds is 12. The Kier molecular flexibility index (Phi) is 11.5. The summed E-state index contributed by atoms with van der Waals surface area (Å²) in [5, 5.41) is 9.74. The van der Waals surface area contributed by atoms with Crippen molar-refractivity contribution in [1.82, 2.24) is 9.13 Å². The van der Waals surface area contributed by atoms with Crippen LogP contribution in [-0.2, 0) is 0 Å². The summed E-state index contributed by atoms with van der Waals surface area (Å²) < 4.78 is 7.23. The second kappa shape index (κ2) is 19.5. The first-order chi connectivity index (χ1) is 39.5. The van der Waals surface area contributed by atoms with Crippen LogP contribution < -0.4 is 9.80 Å². The van der Waals surface area contributed by atoms with Gasteiger partial charge in [-0.25, -0.2) is 0 Å². The van der Waals surface area contributed by atoms with Crippen LogP contribution in [0.2, 0.25) is 0 Å². The SMILES string of the molecule is C=Cc1ccc(-c2ccc(N(c3ccc(-n4c5ccccc5c5ccccc54)cc3)c3cc4cc5sc(N(c6ccc(-c7ccc(C=C)cc7)cc6)c6ccc(-n7c8ccccc8c8ccccc87)cc6)cc5cc4s3)cc2)cc1. The van der Waals surface area contributed by atoms with E-state index in [0.717, 1.165) is 55.3 Å². The quantitative estimate of drug-likeness (QED) is 0.121. The molecule has 15 aromatic rings. The van der Waals surface area contributed by atoms with E-state index >= 15 is 0 Å². The molecule has 0 spiro atoms. The lowest BCUT2D eigenvalue weighted by atomic mass is 10.0. The zero-order valence-corrected chi connectivity index (χ0v) is 45.2. The maximum absolute atomic E-state index is 3.96. The number of aromatic nitrogens is 2. The molecule has 6 heteroatoms. The monoisotopic (exact) mass is 1060 g/mol. The van der Waals surface area contributed by atoms with Gasteiger partial charge in [0.15, 0.2) is 0 Å². The Morgan fingerprint density at radius 3 is 0.875 bits per heavy atom. The van der Waals surface area contributed by atoms with Crippen LogP contribution in [0.4, 0.5) is 32.8 Å². The molecule has 0 bridgehead atoms. The van der Waals surface area contributed by atoms with Crippen molar-refractivity contribution in [2.45, 2.75) is 0 Å². The molecule has 0 N–H and O–H groups in total. The van der Waals surface area contributed by atoms with E-state index in [1.54, 1.807) is 0 Å². The molecule has 0 aliphatic heterocycles. The van der Waals surface area contributed by atoms with Gasteiger partial charge in [0.25, 0.3) is 0 Å². The van der Waals surface area contributed by atoms with Gasteiger partial charge in [0.1, 0.15) is 10.0 Å². The van der Waals surface area contributed by atoms with Crippen LogP contribution in [-0.4, -0.2) is 9.13 Å². The Hall–Kier alpha value is -9.98. The summed E-state index contributed by atoms with van der Waals surface area (Å²) in [5.74, 6) is 0. The van der Waals surface area contributed by atoms with Gasteiger partial charge < -0.3 is 18.9 Å². The van der Waals surface area contributed by atoms with Crippen LogP contribution in [0, 0.1) is 0 Å². The lowest BCUT2D eigenvalue weighted by Gasteiger charge is -2.24. The fourth-order valence-electron chi connectivity index (χ4n) is 11.7. The van der Waals surface area contributed by atoms with Gasteiger partial charge in [-0.1, -0.05) is 171 Å². The standard InChI is InChI=1S/C74H50N4S2/c1-3-49-21-25-51(26-22-49)53-29-33-57(34-30-53)75(59-37-41-61(42-38-59)77-67-17-9-5-13-63(67)64-14-6-10-18-68(64)77)73-47-55-45-72-56(46-71(55)79-73)48-74(80-72)76(58-35-31-54(32-36-58)52-27-23-50(4-2)24-28-52)60-39-43-62(44-40-60)78-69-19-11-7-15-65(69)66-16-8-12-20-70(66)78/h3-48H,1-2H2. The van der Waals surface area contributed by atoms with E-state index in [-0.39, 0.29) is 0 Å². The lowest BCUT2D eigenvalue weighted by Crippen LogP contribution is -2.08. The molecule has 0 atom stereocenters. The molecule has 0 saturated heterocycles. The largest absolute Gasteiger partial charge is 0.309 e. The van der Waals surface area contributed by atoms with E-state index in [2.05, 4.69) is 299 Å². The number of benzene rings is 11. The van der Waals surface area contributed by atoms with Crippen molar-refractivity contribution < 1.29 is 0 Å². The third-order valence-electron chi connectivity index (χ3n) is 15.7. The molecule has 0 amide bonds. The molecule has 15 rings (SSSR count). The Morgan fingerprint density at radius 1 is 0.300 bits per heavy atom. The van der Waals surface area contributed by atoms with Crippen LogP contribution in [0.3, 0.4) is 0 Å². The number of nitrogens with zero attached hydrogens (tertiary/aromatic N) is 4. The maximum atomic E-state index is 3.96. The molecule has 0 aliphatic rings. The van der Waals surface area contributed by atoms with Crippen molar-refractivity contribution in [2.75, 3.05) is 9.80 Å². The molecule has 11 aromatic carbocycles. The van der Waals surface area contributed by atoms with E-state index in [9.17, 15) is 0 Å². The minimum Gasteiger partial charge on any atom is -0.309 e. The van der Waals surface area contributed by atoms with E-state index in [4.69, 9.17) is 0 Å². The smallest absolute Gasteiger partial charge is 0.101 e. The van der Waals surface area contributed by atoms with Gasteiger partial charge in [-0.2, -0.15) is 0 Å². The summed E-state index contributed by atoms with van der Waals surface area (Å²) in [7, 11) is 0. The Bertz CT molecular complexity index is 4360. The van der Waals surface area contributed by atoms with Gasteiger partial charge in [-0.15, -0.1) is 22.7 Å². The van der Waals surface area contributed by atoms with E-state index in [1.165, 1.54) is 86.0 Å². The third-order valence-corrected chi connectivity index (χ3v) is 17.8. The third kappa shape index (κ3) is 8.12. The van der Waals surface area contributed by atoms with Gasteiger partial charge in [0, 0.05) is 65.1 Å². The molecule has 0 aliphatic carbocycles. The van der Waals surface area contributed by atoms with Gasteiger partial charge in [-0.3, -0.25) is 0 Å². The number of thiophene rings is 2. The number of hydrogen-bond acceptors (Lipinski definition) is 4. The highest BCUT2D eigenvalue weighted by Crippen LogP contribution is 2.48. The fraction of sp³-hybridized carbons (Fsp3) is 0. The van der Waals surface area contributed by atoms with Crippen LogP contribution in [0.1, 0.15) is 11.1 Å². The van der Waals surface area contributed by atoms with Crippen molar-refractivity contribution in [2.24, 2.45) is 0 Å². The molecule has 0 fully saturated rings. The molecule has 0 radical (unpaired) electrons. The zero-order valence-electron chi connectivity index (χ0n) is 43.6. The summed E-state index contributed by atoms with van der Waals surface area (Å²) in [6, 6.07) is 97.6. The predicted octanol–water partition coefficient (Wildman–Crippen LogP) is 21.9. The number of anilines is 6. The predicted molar refractivity (Wildman–Crippen MR) is 346 cm³/mol. The Balaban J connectivity index is 0.818. The van der Waals surface area contributed by atoms with Crippen LogP contribution in [0.5, 0.6) is 0 Å². The van der Waals surface area contributed by atoms with Crippen molar-refractivity contribution >= 4 is 131 Å². The topological polar surface area (TPSA) is 16.3 Å². The molecule has 0 unspecified atom stereocenters. The molecular weight excluding hydrogens is 1010 g/mol. The lowest BCUT2D eigenvalue weighted by molar-refractivity contribution is 1.17. The highest BCUT2D eigenvalue weighted by molar-refractivity contribution is 7.24. The minimum atomic E-state index is 1.09. The molecule has 80 heavy (non-hydrogen) atoms. The van der Waals surface area contributed by atoms with Gasteiger partial charge >= 0.3 is 0 Å². The van der Waals surface area contributed by atoms with E-state index in [0.29, 0.717) is 0 Å². The van der Waals surface area contributed by atoms with Gasteiger partial charge in [-0.05, 0) is 165 Å². The Labute approximate surface area is 472 Å². The zero-order chi connectivity index (χ0) is 53.3. The molecular formula is C74H50N4S2. The average Bonchev–Trinajstić information content (AvgIpc) is 4.47. The molecule has 4 heterocycles. The summed E-state index contributed by atoms with van der Waals surface area (Å²) in [6.45, 7) is 7.91. The highest BCUT2D eigenvalue weighted by atomic mass is 32.1. The highest BCUT2D eigenvalue weighted by Gasteiger charge is 2.21. The molecule has 378 valence electrons. The minimum absolute atomic E-state index is 1.09. The first kappa shape index (κ1) is 47.3. The van der Waals surface area contributed by atoms with Crippen molar-refractivity contribution in [3.63, 3.8) is 0 Å². The van der Waals surface area contributed by atoms with Crippen LogP contribution in [0.15, 0.2) is 280 Å².